The Balaban J connectivity index is 1.38. The van der Waals surface area contributed by atoms with Crippen molar-refractivity contribution < 1.29 is 23.8 Å². The van der Waals surface area contributed by atoms with Crippen LogP contribution in [0.3, 0.4) is 0 Å². The Morgan fingerprint density at radius 2 is 1.82 bits per heavy atom. The zero-order chi connectivity index (χ0) is 23.5. The molecule has 0 saturated carbocycles. The van der Waals surface area contributed by atoms with Crippen molar-refractivity contribution in [3.05, 3.63) is 46.4 Å². The Morgan fingerprint density at radius 3 is 2.55 bits per heavy atom. The third kappa shape index (κ3) is 7.78. The second-order valence-electron chi connectivity index (χ2n) is 7.72. The molecule has 9 nitrogen and oxygen atoms in total. The van der Waals surface area contributed by atoms with E-state index >= 15 is 0 Å². The van der Waals surface area contributed by atoms with E-state index in [-0.39, 0.29) is 24.3 Å². The summed E-state index contributed by atoms with van der Waals surface area (Å²) < 4.78 is 15.6. The number of likely N-dealkylation sites (tertiary alicyclic amines) is 1. The smallest absolute Gasteiger partial charge is 0.289 e. The van der Waals surface area contributed by atoms with E-state index in [1.54, 1.807) is 24.5 Å². The minimum atomic E-state index is -0.236. The van der Waals surface area contributed by atoms with Crippen molar-refractivity contribution in [1.82, 2.24) is 15.3 Å². The molecule has 3 rings (SSSR count). The first kappa shape index (κ1) is 25.1. The van der Waals surface area contributed by atoms with Crippen LogP contribution in [0.4, 0.5) is 5.69 Å². The highest BCUT2D eigenvalue weighted by atomic mass is 32.1. The molecule has 2 aromatic rings. The highest BCUT2D eigenvalue weighted by Crippen LogP contribution is 2.30. The Hall–Kier alpha value is -2.53. The number of amides is 2. The monoisotopic (exact) mass is 476 g/mol. The molecule has 2 heterocycles. The predicted octanol–water partition coefficient (Wildman–Crippen LogP) is 2.31. The van der Waals surface area contributed by atoms with E-state index in [4.69, 9.17) is 14.2 Å². The number of hydrogen-bond acceptors (Lipinski definition) is 8. The van der Waals surface area contributed by atoms with Crippen LogP contribution in [0.1, 0.15) is 34.3 Å². The van der Waals surface area contributed by atoms with Gasteiger partial charge >= 0.3 is 0 Å². The lowest BCUT2D eigenvalue weighted by Crippen LogP contribution is -2.40. The number of piperidine rings is 1. The number of para-hydroxylation sites is 1. The van der Waals surface area contributed by atoms with Gasteiger partial charge in [0.15, 0.2) is 0 Å². The maximum atomic E-state index is 12.6. The molecule has 0 aliphatic carbocycles. The van der Waals surface area contributed by atoms with Gasteiger partial charge < -0.3 is 19.1 Å². The number of thiazole rings is 1. The molecule has 1 aliphatic heterocycles. The third-order valence-electron chi connectivity index (χ3n) is 5.39. The minimum Gasteiger partial charge on any atom is -0.382 e. The van der Waals surface area contributed by atoms with Crippen LogP contribution in [0.15, 0.2) is 35.7 Å². The summed E-state index contributed by atoms with van der Waals surface area (Å²) in [5.41, 5.74) is 4.15. The van der Waals surface area contributed by atoms with Gasteiger partial charge in [-0.05, 0) is 25.0 Å². The molecule has 10 heteroatoms. The second kappa shape index (κ2) is 13.2. The average Bonchev–Trinajstić information content (AvgIpc) is 3.34. The Morgan fingerprint density at radius 1 is 1.12 bits per heavy atom. The highest BCUT2D eigenvalue weighted by molar-refractivity contribution is 7.09. The molecule has 0 radical (unpaired) electrons. The number of aromatic nitrogens is 1. The number of nitrogens with one attached hydrogen (secondary N) is 1. The number of carbonyl (C=O) groups excluding carboxylic acids is 2. The standard InChI is InChI=1S/C23H32N4O5S/c1-26(19-6-4-3-5-7-19)25-22(29)20-17-33-23(24-20)18-8-10-27(11-9-18)21(28)16-32-15-14-31-13-12-30-2/h3-7,17-18H,8-16H2,1-2H3,(H,25,29). The van der Waals surface area contributed by atoms with Gasteiger partial charge in [0.05, 0.1) is 37.1 Å². The van der Waals surface area contributed by atoms with Gasteiger partial charge in [0, 0.05) is 38.5 Å². The summed E-state index contributed by atoms with van der Waals surface area (Å²) in [6.45, 7) is 3.28. The zero-order valence-electron chi connectivity index (χ0n) is 19.2. The number of anilines is 1. The molecule has 0 spiro atoms. The van der Waals surface area contributed by atoms with Crippen LogP contribution < -0.4 is 10.4 Å². The van der Waals surface area contributed by atoms with Crippen LogP contribution in [0, 0.1) is 0 Å². The van der Waals surface area contributed by atoms with Crippen molar-refractivity contribution in [2.45, 2.75) is 18.8 Å². The van der Waals surface area contributed by atoms with Crippen LogP contribution >= 0.6 is 11.3 Å². The molecule has 1 aromatic heterocycles. The Labute approximate surface area is 198 Å². The molecule has 33 heavy (non-hydrogen) atoms. The second-order valence-corrected chi connectivity index (χ2v) is 8.61. The third-order valence-corrected chi connectivity index (χ3v) is 6.40. The van der Waals surface area contributed by atoms with E-state index < -0.39 is 0 Å². The van der Waals surface area contributed by atoms with Crippen LogP contribution in [-0.4, -0.2) is 82.0 Å². The van der Waals surface area contributed by atoms with E-state index in [0.717, 1.165) is 23.5 Å². The van der Waals surface area contributed by atoms with Crippen molar-refractivity contribution in [3.63, 3.8) is 0 Å². The van der Waals surface area contributed by atoms with E-state index in [1.165, 1.54) is 11.3 Å². The highest BCUT2D eigenvalue weighted by Gasteiger charge is 2.26. The SMILES string of the molecule is COCCOCCOCC(=O)N1CCC(c2nc(C(=O)NN(C)c3ccccc3)cs2)CC1. The van der Waals surface area contributed by atoms with Crippen molar-refractivity contribution >= 4 is 28.8 Å². The van der Waals surface area contributed by atoms with Crippen molar-refractivity contribution in [1.29, 1.82) is 0 Å². The summed E-state index contributed by atoms with van der Waals surface area (Å²) in [5.74, 6) is 0.0101. The summed E-state index contributed by atoms with van der Waals surface area (Å²) in [6.07, 6.45) is 1.65. The minimum absolute atomic E-state index is 0.00602. The van der Waals surface area contributed by atoms with Crippen molar-refractivity contribution in [2.75, 3.05) is 65.3 Å². The van der Waals surface area contributed by atoms with Crippen LogP contribution in [-0.2, 0) is 19.0 Å². The topological polar surface area (TPSA) is 93.2 Å². The number of rotatable bonds is 12. The molecule has 1 saturated heterocycles. The first-order valence-electron chi connectivity index (χ1n) is 11.1. The van der Waals surface area contributed by atoms with E-state index in [9.17, 15) is 9.59 Å². The molecule has 1 N–H and O–H groups in total. The van der Waals surface area contributed by atoms with Crippen LogP contribution in [0.5, 0.6) is 0 Å². The summed E-state index contributed by atoms with van der Waals surface area (Å²) in [5, 5.41) is 4.42. The molecule has 1 aliphatic rings. The summed E-state index contributed by atoms with van der Waals surface area (Å²) in [7, 11) is 3.42. The summed E-state index contributed by atoms with van der Waals surface area (Å²) in [4.78, 5) is 31.3. The lowest BCUT2D eigenvalue weighted by Gasteiger charge is -2.31. The fourth-order valence-electron chi connectivity index (χ4n) is 3.49. The average molecular weight is 477 g/mol. The molecule has 0 atom stereocenters. The van der Waals surface area contributed by atoms with E-state index in [2.05, 4.69) is 10.4 Å². The largest absolute Gasteiger partial charge is 0.382 e. The number of hydrogen-bond donors (Lipinski definition) is 1. The van der Waals surface area contributed by atoms with Gasteiger partial charge in [-0.25, -0.2) is 4.98 Å². The molecule has 0 bridgehead atoms. The molecule has 1 aromatic carbocycles. The number of hydrazine groups is 1. The fraction of sp³-hybridized carbons (Fsp3) is 0.522. The van der Waals surface area contributed by atoms with Crippen LogP contribution in [0.25, 0.3) is 0 Å². The van der Waals surface area contributed by atoms with Crippen molar-refractivity contribution in [2.24, 2.45) is 0 Å². The van der Waals surface area contributed by atoms with Crippen molar-refractivity contribution in [3.8, 4) is 0 Å². The number of benzene rings is 1. The maximum Gasteiger partial charge on any atom is 0.289 e. The number of carbonyl (C=O) groups is 2. The van der Waals surface area contributed by atoms with Gasteiger partial charge in [0.2, 0.25) is 5.91 Å². The molecule has 180 valence electrons. The van der Waals surface area contributed by atoms with Gasteiger partial charge in [-0.2, -0.15) is 0 Å². The zero-order valence-corrected chi connectivity index (χ0v) is 20.0. The molecule has 0 unspecified atom stereocenters. The number of methoxy groups -OCH3 is 1. The maximum absolute atomic E-state index is 12.6. The lowest BCUT2D eigenvalue weighted by molar-refractivity contribution is -0.137. The fourth-order valence-corrected chi connectivity index (χ4v) is 4.47. The molecule has 1 fully saturated rings. The number of nitrogens with zero attached hydrogens (tertiary/aromatic N) is 3. The Kier molecular flexibility index (Phi) is 10.1. The van der Waals surface area contributed by atoms with Gasteiger partial charge in [-0.1, -0.05) is 18.2 Å². The van der Waals surface area contributed by atoms with Gasteiger partial charge in [0.25, 0.3) is 5.91 Å². The quantitative estimate of drug-likeness (QED) is 0.371. The van der Waals surface area contributed by atoms with Gasteiger partial charge in [-0.3, -0.25) is 20.0 Å². The number of ether oxygens (including phenoxy) is 3. The summed E-state index contributed by atoms with van der Waals surface area (Å²) >= 11 is 1.50. The van der Waals surface area contributed by atoms with E-state index in [0.29, 0.717) is 45.2 Å². The normalized spacial score (nSPS) is 14.3. The first-order valence-corrected chi connectivity index (χ1v) is 11.9. The summed E-state index contributed by atoms with van der Waals surface area (Å²) in [6, 6.07) is 9.61. The Bertz CT molecular complexity index is 871. The van der Waals surface area contributed by atoms with Gasteiger partial charge in [-0.15, -0.1) is 11.3 Å². The molecule has 2 amide bonds. The van der Waals surface area contributed by atoms with Gasteiger partial charge in [0.1, 0.15) is 12.3 Å². The van der Waals surface area contributed by atoms with Crippen LogP contribution in [0.2, 0.25) is 0 Å². The lowest BCUT2D eigenvalue weighted by atomic mass is 9.97. The van der Waals surface area contributed by atoms with E-state index in [1.807, 2.05) is 35.2 Å². The molecular weight excluding hydrogens is 444 g/mol. The molecular formula is C23H32N4O5S. The predicted molar refractivity (Wildman–Crippen MR) is 126 cm³/mol. The first-order chi connectivity index (χ1) is 16.1.